The van der Waals surface area contributed by atoms with Crippen LogP contribution in [0.5, 0.6) is 11.5 Å². The van der Waals surface area contributed by atoms with Gasteiger partial charge in [0.1, 0.15) is 11.5 Å². The molecule has 1 aliphatic heterocycles. The molecule has 0 aliphatic carbocycles. The second kappa shape index (κ2) is 9.49. The van der Waals surface area contributed by atoms with Crippen molar-refractivity contribution in [2.24, 2.45) is 4.99 Å². The minimum Gasteiger partial charge on any atom is -0.497 e. The quantitative estimate of drug-likeness (QED) is 0.374. The van der Waals surface area contributed by atoms with Gasteiger partial charge in [0.2, 0.25) is 5.90 Å². The predicted molar refractivity (Wildman–Crippen MR) is 121 cm³/mol. The number of aliphatic imine (C=N–C) groups is 1. The number of carbonyl (C=O) groups excluding carboxylic acids is 1. The Balaban J connectivity index is 1.37. The van der Waals surface area contributed by atoms with Crippen LogP contribution in [0, 0.1) is 0 Å². The van der Waals surface area contributed by atoms with E-state index in [9.17, 15) is 4.79 Å². The van der Waals surface area contributed by atoms with Crippen LogP contribution < -0.4 is 9.47 Å². The molecule has 0 N–H and O–H groups in total. The third kappa shape index (κ3) is 5.32. The summed E-state index contributed by atoms with van der Waals surface area (Å²) in [4.78, 5) is 16.5. The molecule has 0 saturated carbocycles. The second-order valence-corrected chi connectivity index (χ2v) is 7.29. The number of hydrogen-bond acceptors (Lipinski definition) is 5. The lowest BCUT2D eigenvalue weighted by molar-refractivity contribution is -0.129. The number of nitrogens with zero attached hydrogens (tertiary/aromatic N) is 1. The van der Waals surface area contributed by atoms with Crippen molar-refractivity contribution in [3.8, 4) is 11.5 Å². The van der Waals surface area contributed by atoms with Crippen molar-refractivity contribution in [3.63, 3.8) is 0 Å². The summed E-state index contributed by atoms with van der Waals surface area (Å²) in [6, 6.07) is 22.4. The van der Waals surface area contributed by atoms with Crippen LogP contribution >= 0.6 is 11.6 Å². The van der Waals surface area contributed by atoms with Crippen molar-refractivity contribution < 1.29 is 19.0 Å². The number of esters is 1. The molecule has 6 heteroatoms. The van der Waals surface area contributed by atoms with Crippen LogP contribution in [0.15, 0.2) is 83.5 Å². The highest BCUT2D eigenvalue weighted by Gasteiger charge is 2.24. The highest BCUT2D eigenvalue weighted by Crippen LogP contribution is 2.22. The van der Waals surface area contributed by atoms with Gasteiger partial charge in [0.05, 0.1) is 13.7 Å². The molecule has 0 amide bonds. The van der Waals surface area contributed by atoms with Gasteiger partial charge in [0, 0.05) is 17.0 Å². The largest absolute Gasteiger partial charge is 0.497 e. The van der Waals surface area contributed by atoms with Crippen molar-refractivity contribution in [1.29, 1.82) is 0 Å². The van der Waals surface area contributed by atoms with Gasteiger partial charge in [-0.3, -0.25) is 0 Å². The Bertz CT molecular complexity index is 1120. The molecule has 0 spiro atoms. The Morgan fingerprint density at radius 3 is 2.29 bits per heavy atom. The maximum atomic E-state index is 12.1. The molecule has 156 valence electrons. The molecule has 0 bridgehead atoms. The summed E-state index contributed by atoms with van der Waals surface area (Å²) in [5.74, 6) is 1.36. The van der Waals surface area contributed by atoms with Crippen LogP contribution in [0.3, 0.4) is 0 Å². The van der Waals surface area contributed by atoms with E-state index in [0.29, 0.717) is 17.2 Å². The van der Waals surface area contributed by atoms with Crippen molar-refractivity contribution in [1.82, 2.24) is 0 Å². The van der Waals surface area contributed by atoms with E-state index in [0.717, 1.165) is 23.5 Å². The summed E-state index contributed by atoms with van der Waals surface area (Å²) in [6.45, 7) is 0.551. The van der Waals surface area contributed by atoms with Gasteiger partial charge in [-0.05, 0) is 65.7 Å². The summed E-state index contributed by atoms with van der Waals surface area (Å²) in [5.41, 5.74) is 2.94. The molecule has 31 heavy (non-hydrogen) atoms. The summed E-state index contributed by atoms with van der Waals surface area (Å²) in [5, 5.41) is 0.631. The molecule has 0 atom stereocenters. The molecular formula is C25H20ClNO4. The standard InChI is InChI=1S/C25H20ClNO4/c1-29-21-10-4-17(5-11-21)14-15-30-22-12-6-19(7-13-22)24-27-23(25(28)31-24)16-18-2-8-20(26)9-3-18/h2-13,16H,14-15H2,1H3. The second-order valence-electron chi connectivity index (χ2n) is 6.86. The van der Waals surface area contributed by atoms with E-state index in [1.54, 1.807) is 25.3 Å². The van der Waals surface area contributed by atoms with Crippen LogP contribution in [-0.2, 0) is 16.0 Å². The van der Waals surface area contributed by atoms with Gasteiger partial charge in [-0.1, -0.05) is 35.9 Å². The van der Waals surface area contributed by atoms with E-state index in [4.69, 9.17) is 25.8 Å². The molecule has 4 rings (SSSR count). The summed E-state index contributed by atoms with van der Waals surface area (Å²) < 4.78 is 16.3. The lowest BCUT2D eigenvalue weighted by atomic mass is 10.1. The smallest absolute Gasteiger partial charge is 0.363 e. The highest BCUT2D eigenvalue weighted by molar-refractivity contribution is 6.30. The molecule has 3 aromatic rings. The fourth-order valence-electron chi connectivity index (χ4n) is 3.02. The number of ether oxygens (including phenoxy) is 3. The van der Waals surface area contributed by atoms with Gasteiger partial charge in [-0.2, -0.15) is 0 Å². The van der Waals surface area contributed by atoms with Crippen LogP contribution in [-0.4, -0.2) is 25.6 Å². The number of rotatable bonds is 7. The lowest BCUT2D eigenvalue weighted by Gasteiger charge is -2.08. The SMILES string of the molecule is COc1ccc(CCOc2ccc(C3=NC(=Cc4ccc(Cl)cc4)C(=O)O3)cc2)cc1. The number of carbonyl (C=O) groups is 1. The zero-order valence-corrected chi connectivity index (χ0v) is 17.6. The van der Waals surface area contributed by atoms with E-state index >= 15 is 0 Å². The van der Waals surface area contributed by atoms with Crippen LogP contribution in [0.2, 0.25) is 5.02 Å². The molecule has 0 aromatic heterocycles. The van der Waals surface area contributed by atoms with Crippen molar-refractivity contribution in [2.45, 2.75) is 6.42 Å². The minimum absolute atomic E-state index is 0.247. The molecule has 1 aliphatic rings. The topological polar surface area (TPSA) is 57.1 Å². The molecule has 3 aromatic carbocycles. The number of halogens is 1. The van der Waals surface area contributed by atoms with E-state index in [1.807, 2.05) is 60.7 Å². The summed E-state index contributed by atoms with van der Waals surface area (Å²) in [6.07, 6.45) is 2.46. The normalized spacial score (nSPS) is 14.3. The Kier molecular flexibility index (Phi) is 6.34. The van der Waals surface area contributed by atoms with Gasteiger partial charge in [-0.15, -0.1) is 0 Å². The minimum atomic E-state index is -0.482. The van der Waals surface area contributed by atoms with Gasteiger partial charge in [-0.25, -0.2) is 9.79 Å². The lowest BCUT2D eigenvalue weighted by Crippen LogP contribution is -2.06. The maximum absolute atomic E-state index is 12.1. The van der Waals surface area contributed by atoms with Crippen molar-refractivity contribution >= 4 is 29.5 Å². The summed E-state index contributed by atoms with van der Waals surface area (Å²) in [7, 11) is 1.65. The number of hydrogen-bond donors (Lipinski definition) is 0. The molecule has 0 unspecified atom stereocenters. The number of benzene rings is 3. The van der Waals surface area contributed by atoms with Crippen LogP contribution in [0.25, 0.3) is 6.08 Å². The summed E-state index contributed by atoms with van der Waals surface area (Å²) >= 11 is 5.89. The Labute approximate surface area is 185 Å². The van der Waals surface area contributed by atoms with Gasteiger partial charge in [0.25, 0.3) is 0 Å². The third-order valence-electron chi connectivity index (χ3n) is 4.71. The maximum Gasteiger partial charge on any atom is 0.363 e. The number of cyclic esters (lactones) is 1. The highest BCUT2D eigenvalue weighted by atomic mass is 35.5. The molecule has 1 heterocycles. The average Bonchev–Trinajstić information content (AvgIpc) is 3.16. The Morgan fingerprint density at radius 2 is 1.61 bits per heavy atom. The monoisotopic (exact) mass is 433 g/mol. The van der Waals surface area contributed by atoms with E-state index in [-0.39, 0.29) is 11.6 Å². The van der Waals surface area contributed by atoms with Crippen LogP contribution in [0.4, 0.5) is 0 Å². The average molecular weight is 434 g/mol. The first kappa shape index (κ1) is 20.7. The first-order chi connectivity index (χ1) is 15.1. The van der Waals surface area contributed by atoms with E-state index in [1.165, 1.54) is 5.56 Å². The predicted octanol–water partition coefficient (Wildman–Crippen LogP) is 5.31. The molecule has 0 fully saturated rings. The van der Waals surface area contributed by atoms with Crippen molar-refractivity contribution in [3.05, 3.63) is 100 Å². The zero-order chi connectivity index (χ0) is 21.6. The zero-order valence-electron chi connectivity index (χ0n) is 16.9. The molecule has 5 nitrogen and oxygen atoms in total. The Morgan fingerprint density at radius 1 is 0.935 bits per heavy atom. The first-order valence-corrected chi connectivity index (χ1v) is 10.1. The first-order valence-electron chi connectivity index (χ1n) is 9.75. The van der Waals surface area contributed by atoms with Crippen molar-refractivity contribution in [2.75, 3.05) is 13.7 Å². The van der Waals surface area contributed by atoms with Gasteiger partial charge in [0.15, 0.2) is 5.70 Å². The molecular weight excluding hydrogens is 414 g/mol. The fourth-order valence-corrected chi connectivity index (χ4v) is 3.15. The van der Waals surface area contributed by atoms with Gasteiger partial charge >= 0.3 is 5.97 Å². The fraction of sp³-hybridized carbons (Fsp3) is 0.120. The number of methoxy groups -OCH3 is 1. The molecule has 0 saturated heterocycles. The van der Waals surface area contributed by atoms with E-state index in [2.05, 4.69) is 4.99 Å². The van der Waals surface area contributed by atoms with Gasteiger partial charge < -0.3 is 14.2 Å². The Hall–Kier alpha value is -3.57. The van der Waals surface area contributed by atoms with E-state index < -0.39 is 5.97 Å². The molecule has 0 radical (unpaired) electrons. The third-order valence-corrected chi connectivity index (χ3v) is 4.97. The van der Waals surface area contributed by atoms with Crippen LogP contribution in [0.1, 0.15) is 16.7 Å².